The highest BCUT2D eigenvalue weighted by Crippen LogP contribution is 2.31. The van der Waals surface area contributed by atoms with E-state index >= 15 is 0 Å². The molecule has 3 saturated heterocycles. The molecule has 1 aromatic heterocycles. The Morgan fingerprint density at radius 2 is 1.75 bits per heavy atom. The van der Waals surface area contributed by atoms with E-state index in [1.54, 1.807) is 24.3 Å². The third-order valence-corrected chi connectivity index (χ3v) is 12.4. The van der Waals surface area contributed by atoms with Crippen molar-refractivity contribution in [3.63, 3.8) is 0 Å². The standard InChI is InChI=1S/C25H34ClN5O6S3/c1-39(34,35)30-12-10-28(11-13-30)16-20-4-2-9-31(20)23(32)17-29-8-3-5-21(25(29)33)27-40(36,37)24-15-18-14-19(26)6-7-22(18)38-24/h6-7,14-15,20-21,27H,2-5,8-13,16-17H2,1H3/t20-,21-/m0/s1. The lowest BCUT2D eigenvalue weighted by Gasteiger charge is -2.37. The van der Waals surface area contributed by atoms with Gasteiger partial charge in [-0.2, -0.15) is 9.03 Å². The van der Waals surface area contributed by atoms with Crippen LogP contribution in [0.1, 0.15) is 25.7 Å². The van der Waals surface area contributed by atoms with Gasteiger partial charge in [-0.3, -0.25) is 14.5 Å². The lowest BCUT2D eigenvalue weighted by atomic mass is 10.1. The summed E-state index contributed by atoms with van der Waals surface area (Å²) >= 11 is 7.15. The Bertz CT molecular complexity index is 1490. The maximum atomic E-state index is 13.3. The van der Waals surface area contributed by atoms with Gasteiger partial charge in [0.15, 0.2) is 0 Å². The van der Waals surface area contributed by atoms with E-state index in [2.05, 4.69) is 9.62 Å². The van der Waals surface area contributed by atoms with E-state index < -0.39 is 26.1 Å². The maximum absolute atomic E-state index is 13.3. The van der Waals surface area contributed by atoms with Crippen molar-refractivity contribution in [2.24, 2.45) is 0 Å². The molecular weight excluding hydrogens is 598 g/mol. The minimum absolute atomic E-state index is 0.00735. The summed E-state index contributed by atoms with van der Waals surface area (Å²) in [5.41, 5.74) is 0. The van der Waals surface area contributed by atoms with Crippen LogP contribution >= 0.6 is 22.9 Å². The summed E-state index contributed by atoms with van der Waals surface area (Å²) in [5, 5.41) is 1.23. The minimum atomic E-state index is -3.94. The smallest absolute Gasteiger partial charge is 0.250 e. The van der Waals surface area contributed by atoms with Gasteiger partial charge in [-0.15, -0.1) is 11.3 Å². The molecule has 3 aliphatic rings. The molecule has 11 nitrogen and oxygen atoms in total. The number of halogens is 1. The van der Waals surface area contributed by atoms with Crippen molar-refractivity contribution in [2.75, 3.05) is 58.6 Å². The first-order valence-electron chi connectivity index (χ1n) is 13.4. The highest BCUT2D eigenvalue weighted by molar-refractivity contribution is 7.91. The number of carbonyl (C=O) groups excluding carboxylic acids is 2. The van der Waals surface area contributed by atoms with Gasteiger partial charge in [0.2, 0.25) is 21.8 Å². The van der Waals surface area contributed by atoms with E-state index in [1.165, 1.54) is 15.5 Å². The number of piperidine rings is 1. The molecule has 0 saturated carbocycles. The number of nitrogens with zero attached hydrogens (tertiary/aromatic N) is 4. The predicted molar refractivity (Wildman–Crippen MR) is 154 cm³/mol. The molecule has 0 unspecified atom stereocenters. The Labute approximate surface area is 244 Å². The number of fused-ring (bicyclic) bond motifs is 1. The van der Waals surface area contributed by atoms with Crippen molar-refractivity contribution in [1.82, 2.24) is 23.7 Å². The van der Waals surface area contributed by atoms with Crippen LogP contribution in [-0.4, -0.2) is 118 Å². The Hall–Kier alpha value is -1.81. The van der Waals surface area contributed by atoms with Crippen molar-refractivity contribution >= 4 is 64.9 Å². The van der Waals surface area contributed by atoms with Crippen LogP contribution in [0.4, 0.5) is 0 Å². The Balaban J connectivity index is 1.18. The third-order valence-electron chi connectivity index (χ3n) is 7.84. The Morgan fingerprint density at radius 1 is 1.02 bits per heavy atom. The number of sulfonamides is 2. The van der Waals surface area contributed by atoms with Crippen molar-refractivity contribution in [1.29, 1.82) is 0 Å². The summed E-state index contributed by atoms with van der Waals surface area (Å²) in [5.74, 6) is -0.532. The second-order valence-electron chi connectivity index (χ2n) is 10.7. The first-order chi connectivity index (χ1) is 18.9. The number of hydrogen-bond donors (Lipinski definition) is 1. The third kappa shape index (κ3) is 6.63. The number of benzene rings is 1. The summed E-state index contributed by atoms with van der Waals surface area (Å²) in [7, 11) is -7.14. The molecule has 2 atom stereocenters. The molecule has 1 N–H and O–H groups in total. The van der Waals surface area contributed by atoms with Crippen LogP contribution in [0.15, 0.2) is 28.5 Å². The first-order valence-corrected chi connectivity index (χ1v) is 17.9. The molecule has 15 heteroatoms. The number of piperazine rings is 1. The summed E-state index contributed by atoms with van der Waals surface area (Å²) in [6, 6.07) is 5.80. The SMILES string of the molecule is CS(=O)(=O)N1CCN(C[C@@H]2CCCN2C(=O)CN2CCC[C@H](NS(=O)(=O)c3cc4cc(Cl)ccc4s3)C2=O)CC1. The van der Waals surface area contributed by atoms with Gasteiger partial charge in [-0.1, -0.05) is 11.6 Å². The van der Waals surface area contributed by atoms with Gasteiger partial charge in [0.25, 0.3) is 10.0 Å². The molecule has 1 aromatic carbocycles. The van der Waals surface area contributed by atoms with Gasteiger partial charge in [-0.05, 0) is 55.3 Å². The summed E-state index contributed by atoms with van der Waals surface area (Å²) in [6.45, 7) is 3.70. The zero-order valence-corrected chi connectivity index (χ0v) is 25.5. The largest absolute Gasteiger partial charge is 0.337 e. The fourth-order valence-electron chi connectivity index (χ4n) is 5.72. The van der Waals surface area contributed by atoms with Gasteiger partial charge >= 0.3 is 0 Å². The normalized spacial score (nSPS) is 23.8. The highest BCUT2D eigenvalue weighted by atomic mass is 35.5. The molecule has 0 spiro atoms. The molecule has 220 valence electrons. The van der Waals surface area contributed by atoms with Gasteiger partial charge < -0.3 is 9.80 Å². The quantitative estimate of drug-likeness (QED) is 0.467. The summed E-state index contributed by atoms with van der Waals surface area (Å²) in [4.78, 5) is 32.1. The van der Waals surface area contributed by atoms with E-state index in [0.717, 1.165) is 34.3 Å². The van der Waals surface area contributed by atoms with E-state index in [1.807, 2.05) is 4.90 Å². The van der Waals surface area contributed by atoms with E-state index in [0.29, 0.717) is 63.7 Å². The topological polar surface area (TPSA) is 127 Å². The summed E-state index contributed by atoms with van der Waals surface area (Å²) < 4.78 is 54.8. The average molecular weight is 632 g/mol. The maximum Gasteiger partial charge on any atom is 0.250 e. The molecule has 0 radical (unpaired) electrons. The number of hydrogen-bond acceptors (Lipinski definition) is 8. The number of likely N-dealkylation sites (tertiary alicyclic amines) is 2. The second kappa shape index (κ2) is 11.8. The Kier molecular flexibility index (Phi) is 8.77. The lowest BCUT2D eigenvalue weighted by molar-refractivity contribution is -0.143. The summed E-state index contributed by atoms with van der Waals surface area (Å²) in [6.07, 6.45) is 3.90. The van der Waals surface area contributed by atoms with Crippen LogP contribution in [0.5, 0.6) is 0 Å². The molecule has 40 heavy (non-hydrogen) atoms. The second-order valence-corrected chi connectivity index (χ2v) is 16.1. The van der Waals surface area contributed by atoms with Crippen LogP contribution in [0.25, 0.3) is 10.1 Å². The van der Waals surface area contributed by atoms with Crippen molar-refractivity contribution in [3.05, 3.63) is 29.3 Å². The minimum Gasteiger partial charge on any atom is -0.337 e. The molecule has 3 aliphatic heterocycles. The van der Waals surface area contributed by atoms with Gasteiger partial charge in [0, 0.05) is 61.6 Å². The number of nitrogens with one attached hydrogen (secondary N) is 1. The van der Waals surface area contributed by atoms with E-state index in [4.69, 9.17) is 11.6 Å². The number of amides is 2. The van der Waals surface area contributed by atoms with Crippen molar-refractivity contribution in [3.8, 4) is 0 Å². The fraction of sp³-hybridized carbons (Fsp3) is 0.600. The van der Waals surface area contributed by atoms with E-state index in [-0.39, 0.29) is 28.6 Å². The van der Waals surface area contributed by atoms with Crippen LogP contribution in [-0.2, 0) is 29.6 Å². The number of rotatable bonds is 8. The zero-order chi connectivity index (χ0) is 28.7. The number of carbonyl (C=O) groups is 2. The highest BCUT2D eigenvalue weighted by Gasteiger charge is 2.37. The average Bonchev–Trinajstić information content (AvgIpc) is 3.53. The molecule has 2 aromatic rings. The van der Waals surface area contributed by atoms with Gasteiger partial charge in [-0.25, -0.2) is 16.8 Å². The van der Waals surface area contributed by atoms with Crippen LogP contribution < -0.4 is 4.72 Å². The molecule has 5 rings (SSSR count). The number of thiophene rings is 1. The van der Waals surface area contributed by atoms with Crippen molar-refractivity contribution in [2.45, 2.75) is 42.0 Å². The Morgan fingerprint density at radius 3 is 2.48 bits per heavy atom. The van der Waals surface area contributed by atoms with Crippen LogP contribution in [0, 0.1) is 0 Å². The zero-order valence-electron chi connectivity index (χ0n) is 22.3. The molecule has 4 heterocycles. The van der Waals surface area contributed by atoms with Gasteiger partial charge in [0.05, 0.1) is 12.8 Å². The molecule has 0 bridgehead atoms. The molecule has 0 aliphatic carbocycles. The lowest BCUT2D eigenvalue weighted by Crippen LogP contribution is -2.56. The van der Waals surface area contributed by atoms with Gasteiger partial charge in [0.1, 0.15) is 10.3 Å². The van der Waals surface area contributed by atoms with Crippen molar-refractivity contribution < 1.29 is 26.4 Å². The van der Waals surface area contributed by atoms with E-state index in [9.17, 15) is 26.4 Å². The predicted octanol–water partition coefficient (Wildman–Crippen LogP) is 1.39. The molecule has 2 amide bonds. The van der Waals surface area contributed by atoms with Crippen LogP contribution in [0.2, 0.25) is 5.02 Å². The monoisotopic (exact) mass is 631 g/mol. The molecular formula is C25H34ClN5O6S3. The fourth-order valence-corrected chi connectivity index (χ4v) is 9.35. The van der Waals surface area contributed by atoms with Crippen LogP contribution in [0.3, 0.4) is 0 Å². The first kappa shape index (κ1) is 29.7. The molecule has 3 fully saturated rings.